The molecule has 146 valence electrons. The lowest BCUT2D eigenvalue weighted by molar-refractivity contribution is -0.131. The Bertz CT molecular complexity index is 727. The van der Waals surface area contributed by atoms with Crippen LogP contribution in [0, 0.1) is 0 Å². The molecule has 0 aromatic heterocycles. The highest BCUT2D eigenvalue weighted by molar-refractivity contribution is 5.97. The molecule has 0 unspecified atom stereocenters. The van der Waals surface area contributed by atoms with E-state index in [-0.39, 0.29) is 13.3 Å². The van der Waals surface area contributed by atoms with E-state index < -0.39 is 11.9 Å². The van der Waals surface area contributed by atoms with Gasteiger partial charge >= 0.3 is 0 Å². The Kier molecular flexibility index (Phi) is 9.19. The Morgan fingerprint density at radius 3 is 2.07 bits per heavy atom. The molecule has 6 heteroatoms. The van der Waals surface area contributed by atoms with Crippen molar-refractivity contribution < 1.29 is 14.8 Å². The zero-order chi connectivity index (χ0) is 18.9. The van der Waals surface area contributed by atoms with Gasteiger partial charge in [-0.25, -0.2) is 5.48 Å². The van der Waals surface area contributed by atoms with Crippen LogP contribution in [-0.2, 0) is 11.2 Å². The van der Waals surface area contributed by atoms with Crippen molar-refractivity contribution in [3.8, 4) is 11.1 Å². The monoisotopic (exact) mass is 371 g/mol. The molecule has 5 N–H and O–H groups in total. The van der Waals surface area contributed by atoms with Gasteiger partial charge in [0.25, 0.3) is 11.8 Å². The standard InChI is InChI=1S/C20H25N3O3.CH4/c1-2-14-5-7-15(8-6-14)16-9-11-17(12-10-16)19(24)22-18(4-3-13-21)20(25)23-26;/h5-12,18,26H,2-4,13,21H2,1H3,(H,22,24)(H,23,25);1H4/t18-;/m0./s1. The number of nitrogens with one attached hydrogen (secondary N) is 2. The van der Waals surface area contributed by atoms with E-state index in [2.05, 4.69) is 36.5 Å². The van der Waals surface area contributed by atoms with Gasteiger partial charge < -0.3 is 11.1 Å². The Hall–Kier alpha value is -2.70. The number of nitrogens with two attached hydrogens (primary N) is 1. The van der Waals surface area contributed by atoms with Gasteiger partial charge in [-0.3, -0.25) is 14.8 Å². The largest absolute Gasteiger partial charge is 0.340 e. The Morgan fingerprint density at radius 2 is 1.59 bits per heavy atom. The van der Waals surface area contributed by atoms with Crippen molar-refractivity contribution in [3.63, 3.8) is 0 Å². The summed E-state index contributed by atoms with van der Waals surface area (Å²) in [7, 11) is 0. The van der Waals surface area contributed by atoms with Crippen LogP contribution in [0.1, 0.15) is 43.1 Å². The summed E-state index contributed by atoms with van der Waals surface area (Å²) in [5, 5.41) is 11.4. The van der Waals surface area contributed by atoms with E-state index in [9.17, 15) is 9.59 Å². The maximum Gasteiger partial charge on any atom is 0.265 e. The summed E-state index contributed by atoms with van der Waals surface area (Å²) in [4.78, 5) is 24.0. The van der Waals surface area contributed by atoms with Crippen LogP contribution >= 0.6 is 0 Å². The summed E-state index contributed by atoms with van der Waals surface area (Å²) in [6.07, 6.45) is 1.91. The first kappa shape index (κ1) is 22.3. The highest BCUT2D eigenvalue weighted by Crippen LogP contribution is 2.20. The lowest BCUT2D eigenvalue weighted by atomic mass is 10.0. The fourth-order valence-electron chi connectivity index (χ4n) is 2.66. The number of carbonyl (C=O) groups is 2. The number of amides is 2. The van der Waals surface area contributed by atoms with Gasteiger partial charge in [-0.2, -0.15) is 0 Å². The SMILES string of the molecule is C.CCc1ccc(-c2ccc(C(=O)N[C@@H](CCCN)C(=O)NO)cc2)cc1. The molecule has 0 saturated heterocycles. The molecule has 6 nitrogen and oxygen atoms in total. The molecule has 0 aliphatic heterocycles. The van der Waals surface area contributed by atoms with E-state index in [0.29, 0.717) is 24.9 Å². The molecule has 0 bridgehead atoms. The van der Waals surface area contributed by atoms with Crippen LogP contribution in [-0.4, -0.2) is 29.6 Å². The predicted molar refractivity (Wildman–Crippen MR) is 107 cm³/mol. The highest BCUT2D eigenvalue weighted by atomic mass is 16.5. The summed E-state index contributed by atoms with van der Waals surface area (Å²) in [5.74, 6) is -1.03. The summed E-state index contributed by atoms with van der Waals surface area (Å²) >= 11 is 0. The smallest absolute Gasteiger partial charge is 0.265 e. The summed E-state index contributed by atoms with van der Waals surface area (Å²) in [6.45, 7) is 2.51. The number of aryl methyl sites for hydroxylation is 1. The van der Waals surface area contributed by atoms with Gasteiger partial charge in [-0.1, -0.05) is 50.7 Å². The molecule has 1 atom stereocenters. The molecule has 27 heavy (non-hydrogen) atoms. The lowest BCUT2D eigenvalue weighted by Crippen LogP contribution is -2.46. The molecular weight excluding hydrogens is 342 g/mol. The Morgan fingerprint density at radius 1 is 1.04 bits per heavy atom. The minimum absolute atomic E-state index is 0. The third-order valence-corrected chi connectivity index (χ3v) is 4.27. The second-order valence-corrected chi connectivity index (χ2v) is 6.06. The van der Waals surface area contributed by atoms with Crippen LogP contribution in [0.15, 0.2) is 48.5 Å². The molecular formula is C21H29N3O3. The quantitative estimate of drug-likeness (QED) is 0.423. The van der Waals surface area contributed by atoms with E-state index >= 15 is 0 Å². The van der Waals surface area contributed by atoms with Gasteiger partial charge in [0.15, 0.2) is 0 Å². The van der Waals surface area contributed by atoms with E-state index in [1.807, 2.05) is 12.1 Å². The first-order valence-corrected chi connectivity index (χ1v) is 8.73. The van der Waals surface area contributed by atoms with Crippen molar-refractivity contribution in [2.24, 2.45) is 5.73 Å². The van der Waals surface area contributed by atoms with Crippen molar-refractivity contribution in [2.45, 2.75) is 39.7 Å². The molecule has 0 heterocycles. The van der Waals surface area contributed by atoms with Gasteiger partial charge in [0.2, 0.25) is 0 Å². The number of rotatable bonds is 8. The molecule has 0 radical (unpaired) electrons. The van der Waals surface area contributed by atoms with Crippen LogP contribution in [0.2, 0.25) is 0 Å². The maximum atomic E-state index is 12.4. The number of benzene rings is 2. The van der Waals surface area contributed by atoms with Crippen molar-refractivity contribution in [1.82, 2.24) is 10.8 Å². The van der Waals surface area contributed by atoms with Crippen molar-refractivity contribution in [3.05, 3.63) is 59.7 Å². The van der Waals surface area contributed by atoms with E-state index in [1.165, 1.54) is 5.56 Å². The van der Waals surface area contributed by atoms with E-state index in [0.717, 1.165) is 17.5 Å². The minimum Gasteiger partial charge on any atom is -0.340 e. The first-order valence-electron chi connectivity index (χ1n) is 8.73. The minimum atomic E-state index is -0.822. The number of carbonyl (C=O) groups excluding carboxylic acids is 2. The van der Waals surface area contributed by atoms with Crippen LogP contribution in [0.3, 0.4) is 0 Å². The van der Waals surface area contributed by atoms with Crippen LogP contribution in [0.4, 0.5) is 0 Å². The number of hydrogen-bond acceptors (Lipinski definition) is 4. The van der Waals surface area contributed by atoms with Gasteiger partial charge in [-0.05, 0) is 54.6 Å². The van der Waals surface area contributed by atoms with Gasteiger partial charge in [0, 0.05) is 5.56 Å². The molecule has 0 aliphatic rings. The Labute approximate surface area is 160 Å². The molecule has 0 fully saturated rings. The molecule has 2 aromatic rings. The molecule has 0 saturated carbocycles. The topological polar surface area (TPSA) is 104 Å². The molecule has 2 rings (SSSR count). The van der Waals surface area contributed by atoms with E-state index in [4.69, 9.17) is 10.9 Å². The second-order valence-electron chi connectivity index (χ2n) is 6.06. The average molecular weight is 371 g/mol. The summed E-state index contributed by atoms with van der Waals surface area (Å²) in [5.41, 5.74) is 10.8. The number of hydroxylamine groups is 1. The van der Waals surface area contributed by atoms with Gasteiger partial charge in [0.05, 0.1) is 0 Å². The average Bonchev–Trinajstić information content (AvgIpc) is 2.70. The van der Waals surface area contributed by atoms with Crippen LogP contribution < -0.4 is 16.5 Å². The van der Waals surface area contributed by atoms with Crippen LogP contribution in [0.25, 0.3) is 11.1 Å². The third kappa shape index (κ3) is 6.20. The molecule has 0 aliphatic carbocycles. The maximum absolute atomic E-state index is 12.4. The molecule has 2 amide bonds. The van der Waals surface area contributed by atoms with Gasteiger partial charge in [-0.15, -0.1) is 0 Å². The third-order valence-electron chi connectivity index (χ3n) is 4.27. The predicted octanol–water partition coefficient (Wildman–Crippen LogP) is 2.89. The van der Waals surface area contributed by atoms with E-state index in [1.54, 1.807) is 17.6 Å². The fourth-order valence-corrected chi connectivity index (χ4v) is 2.66. The summed E-state index contributed by atoms with van der Waals surface area (Å²) < 4.78 is 0. The normalized spacial score (nSPS) is 11.2. The summed E-state index contributed by atoms with van der Waals surface area (Å²) in [6, 6.07) is 14.7. The Balaban J connectivity index is 0.00000364. The fraction of sp³-hybridized carbons (Fsp3) is 0.333. The zero-order valence-corrected chi connectivity index (χ0v) is 14.9. The van der Waals surface area contributed by atoms with Crippen molar-refractivity contribution in [1.29, 1.82) is 0 Å². The van der Waals surface area contributed by atoms with Gasteiger partial charge in [0.1, 0.15) is 6.04 Å². The first-order chi connectivity index (χ1) is 12.6. The molecule has 0 spiro atoms. The highest BCUT2D eigenvalue weighted by Gasteiger charge is 2.20. The van der Waals surface area contributed by atoms with Crippen molar-refractivity contribution >= 4 is 11.8 Å². The van der Waals surface area contributed by atoms with Crippen LogP contribution in [0.5, 0.6) is 0 Å². The second kappa shape index (κ2) is 11.1. The molecule has 2 aromatic carbocycles. The lowest BCUT2D eigenvalue weighted by Gasteiger charge is -2.16. The number of hydrogen-bond donors (Lipinski definition) is 4. The van der Waals surface area contributed by atoms with Crippen molar-refractivity contribution in [2.75, 3.05) is 6.54 Å². The zero-order valence-electron chi connectivity index (χ0n) is 14.9.